The highest BCUT2D eigenvalue weighted by Crippen LogP contribution is 2.49. The van der Waals surface area contributed by atoms with Crippen molar-refractivity contribution in [2.24, 2.45) is 0 Å². The summed E-state index contributed by atoms with van der Waals surface area (Å²) in [6.45, 7) is 0. The van der Waals surface area contributed by atoms with Gasteiger partial charge in [0.05, 0.1) is 5.69 Å². The molecule has 0 bridgehead atoms. The van der Waals surface area contributed by atoms with Gasteiger partial charge in [0, 0.05) is 38.7 Å². The lowest BCUT2D eigenvalue weighted by molar-refractivity contribution is 0.636. The third-order valence-electron chi connectivity index (χ3n) is 13.4. The molecule has 0 N–H and O–H groups in total. The van der Waals surface area contributed by atoms with Gasteiger partial charge < -0.3 is 9.32 Å². The van der Waals surface area contributed by atoms with Crippen molar-refractivity contribution in [2.75, 3.05) is 4.90 Å². The van der Waals surface area contributed by atoms with Crippen LogP contribution in [0.15, 0.2) is 253 Å². The van der Waals surface area contributed by atoms with Crippen LogP contribution in [-0.2, 0) is 0 Å². The van der Waals surface area contributed by atoms with Gasteiger partial charge in [0.2, 0.25) is 0 Å². The number of rotatable bonds is 7. The van der Waals surface area contributed by atoms with Crippen LogP contribution in [0.1, 0.15) is 0 Å². The van der Waals surface area contributed by atoms with Crippen LogP contribution in [0.3, 0.4) is 0 Å². The van der Waals surface area contributed by atoms with E-state index in [0.29, 0.717) is 0 Å². The molecule has 0 radical (unpaired) electrons. The van der Waals surface area contributed by atoms with Gasteiger partial charge in [-0.15, -0.1) is 0 Å². The largest absolute Gasteiger partial charge is 0.455 e. The fraction of sp³-hybridized carbons (Fsp3) is 0. The second-order valence-corrected chi connectivity index (χ2v) is 17.2. The molecule has 0 atom stereocenters. The zero-order valence-electron chi connectivity index (χ0n) is 36.0. The van der Waals surface area contributed by atoms with E-state index in [1.165, 1.54) is 59.6 Å². The molecule has 13 rings (SSSR count). The number of nitrogens with zero attached hydrogens (tertiary/aromatic N) is 1. The standard InChI is InChI=1S/C64H41NO/c1-3-17-45(18-4-1)61-62-59-40-47(34-39-56(59)55-26-12-14-28-58(55)64(62)66-63(61)46-19-5-2-6-20-46)42-30-35-49(36-31-42)65(60-41-48-21-8-10-24-53(48)54-25-11-13-27-57(54)60)50-37-32-44(33-38-50)52-29-15-22-43-16-7-9-23-51(43)52/h1-41H. The maximum atomic E-state index is 7.04. The molecule has 0 aliphatic heterocycles. The molecular weight excluding hydrogens is 799 g/mol. The number of benzene rings is 12. The number of furan rings is 1. The van der Waals surface area contributed by atoms with Crippen molar-refractivity contribution in [3.05, 3.63) is 249 Å². The zero-order valence-corrected chi connectivity index (χ0v) is 36.0. The highest BCUT2D eigenvalue weighted by atomic mass is 16.3. The fourth-order valence-electron chi connectivity index (χ4n) is 10.3. The molecule has 0 unspecified atom stereocenters. The Bertz CT molecular complexity index is 3960. The van der Waals surface area contributed by atoms with Gasteiger partial charge in [-0.25, -0.2) is 0 Å². The molecule has 308 valence electrons. The maximum Gasteiger partial charge on any atom is 0.143 e. The van der Waals surface area contributed by atoms with E-state index < -0.39 is 0 Å². The maximum absolute atomic E-state index is 7.04. The lowest BCUT2D eigenvalue weighted by Gasteiger charge is -2.28. The Balaban J connectivity index is 0.986. The van der Waals surface area contributed by atoms with Gasteiger partial charge in [-0.2, -0.15) is 0 Å². The minimum atomic E-state index is 0.885. The summed E-state index contributed by atoms with van der Waals surface area (Å²) in [7, 11) is 0. The SMILES string of the molecule is c1ccc(-c2oc3c4ccccc4c4ccc(-c5ccc(N(c6ccc(-c7cccc8ccccc78)cc6)c6cc7ccccc7c7ccccc67)cc5)cc4c3c2-c2ccccc2)cc1. The van der Waals surface area contributed by atoms with Crippen molar-refractivity contribution in [1.82, 2.24) is 0 Å². The monoisotopic (exact) mass is 839 g/mol. The topological polar surface area (TPSA) is 16.4 Å². The Morgan fingerprint density at radius 2 is 0.803 bits per heavy atom. The van der Waals surface area contributed by atoms with Gasteiger partial charge in [-0.1, -0.05) is 212 Å². The molecule has 0 spiro atoms. The Kier molecular flexibility index (Phi) is 8.89. The molecule has 0 amide bonds. The second kappa shape index (κ2) is 15.5. The van der Waals surface area contributed by atoms with Gasteiger partial charge in [-0.3, -0.25) is 0 Å². The third kappa shape index (κ3) is 6.18. The number of anilines is 3. The molecule has 66 heavy (non-hydrogen) atoms. The molecular formula is C64H41NO. The molecule has 0 fully saturated rings. The Hall–Kier alpha value is -8.72. The Labute approximate surface area is 382 Å². The molecule has 0 saturated heterocycles. The zero-order chi connectivity index (χ0) is 43.6. The first-order valence-corrected chi connectivity index (χ1v) is 22.7. The average molecular weight is 840 g/mol. The molecule has 1 heterocycles. The van der Waals surface area contributed by atoms with E-state index in [1.807, 2.05) is 0 Å². The van der Waals surface area contributed by atoms with Crippen molar-refractivity contribution in [2.45, 2.75) is 0 Å². The van der Waals surface area contributed by atoms with Gasteiger partial charge >= 0.3 is 0 Å². The van der Waals surface area contributed by atoms with Crippen LogP contribution >= 0.6 is 0 Å². The molecule has 12 aromatic carbocycles. The molecule has 0 aliphatic rings. The van der Waals surface area contributed by atoms with Crippen LogP contribution in [0.5, 0.6) is 0 Å². The van der Waals surface area contributed by atoms with E-state index in [4.69, 9.17) is 4.42 Å². The van der Waals surface area contributed by atoms with Crippen molar-refractivity contribution in [3.63, 3.8) is 0 Å². The Morgan fingerprint density at radius 1 is 0.288 bits per heavy atom. The van der Waals surface area contributed by atoms with E-state index in [-0.39, 0.29) is 0 Å². The van der Waals surface area contributed by atoms with E-state index >= 15 is 0 Å². The highest BCUT2D eigenvalue weighted by Gasteiger charge is 2.24. The van der Waals surface area contributed by atoms with Crippen LogP contribution in [-0.4, -0.2) is 0 Å². The predicted octanol–water partition coefficient (Wildman–Crippen LogP) is 18.3. The van der Waals surface area contributed by atoms with Gasteiger partial charge in [0.1, 0.15) is 11.3 Å². The first kappa shape index (κ1) is 37.8. The highest BCUT2D eigenvalue weighted by molar-refractivity contribution is 6.29. The van der Waals surface area contributed by atoms with Crippen molar-refractivity contribution in [1.29, 1.82) is 0 Å². The molecule has 0 saturated carbocycles. The van der Waals surface area contributed by atoms with E-state index in [0.717, 1.165) is 67.0 Å². The average Bonchev–Trinajstić information content (AvgIpc) is 3.81. The minimum absolute atomic E-state index is 0.885. The lowest BCUT2D eigenvalue weighted by atomic mass is 9.90. The molecule has 2 heteroatoms. The van der Waals surface area contributed by atoms with Crippen LogP contribution in [0, 0.1) is 0 Å². The van der Waals surface area contributed by atoms with Crippen LogP contribution in [0.2, 0.25) is 0 Å². The first-order chi connectivity index (χ1) is 32.7. The third-order valence-corrected chi connectivity index (χ3v) is 13.4. The summed E-state index contributed by atoms with van der Waals surface area (Å²) in [6.07, 6.45) is 0. The smallest absolute Gasteiger partial charge is 0.143 e. The molecule has 2 nitrogen and oxygen atoms in total. The van der Waals surface area contributed by atoms with Crippen molar-refractivity contribution < 1.29 is 4.42 Å². The normalized spacial score (nSPS) is 11.6. The predicted molar refractivity (Wildman–Crippen MR) is 280 cm³/mol. The van der Waals surface area contributed by atoms with E-state index in [1.54, 1.807) is 0 Å². The van der Waals surface area contributed by atoms with Gasteiger partial charge in [-0.05, 0) is 107 Å². The number of hydrogen-bond acceptors (Lipinski definition) is 2. The fourth-order valence-corrected chi connectivity index (χ4v) is 10.3. The van der Waals surface area contributed by atoms with Gasteiger partial charge in [0.25, 0.3) is 0 Å². The summed E-state index contributed by atoms with van der Waals surface area (Å²) in [6, 6.07) is 90.1. The molecule has 1 aromatic heterocycles. The summed E-state index contributed by atoms with van der Waals surface area (Å²) < 4.78 is 7.04. The first-order valence-electron chi connectivity index (χ1n) is 22.7. The molecule has 13 aromatic rings. The Morgan fingerprint density at radius 3 is 1.52 bits per heavy atom. The lowest BCUT2D eigenvalue weighted by Crippen LogP contribution is -2.10. The van der Waals surface area contributed by atoms with Gasteiger partial charge in [0.15, 0.2) is 0 Å². The molecule has 0 aliphatic carbocycles. The summed E-state index contributed by atoms with van der Waals surface area (Å²) in [5, 5.41) is 13.2. The van der Waals surface area contributed by atoms with Crippen molar-refractivity contribution in [3.8, 4) is 44.7 Å². The number of fused-ring (bicyclic) bond motifs is 10. The second-order valence-electron chi connectivity index (χ2n) is 17.2. The summed E-state index contributed by atoms with van der Waals surface area (Å²) in [5.74, 6) is 0.885. The van der Waals surface area contributed by atoms with E-state index in [9.17, 15) is 0 Å². The van der Waals surface area contributed by atoms with Crippen LogP contribution in [0.4, 0.5) is 17.1 Å². The summed E-state index contributed by atoms with van der Waals surface area (Å²) in [5.41, 5.74) is 12.2. The summed E-state index contributed by atoms with van der Waals surface area (Å²) >= 11 is 0. The van der Waals surface area contributed by atoms with Crippen LogP contribution in [0.25, 0.3) is 110 Å². The minimum Gasteiger partial charge on any atom is -0.455 e. The quantitative estimate of drug-likeness (QED) is 0.149. The van der Waals surface area contributed by atoms with Crippen molar-refractivity contribution >= 4 is 81.9 Å². The van der Waals surface area contributed by atoms with E-state index in [2.05, 4.69) is 254 Å². The van der Waals surface area contributed by atoms with Crippen LogP contribution < -0.4 is 4.90 Å². The summed E-state index contributed by atoms with van der Waals surface area (Å²) in [4.78, 5) is 2.42. The number of hydrogen-bond donors (Lipinski definition) is 0.